The summed E-state index contributed by atoms with van der Waals surface area (Å²) in [5, 5.41) is 11.6. The predicted molar refractivity (Wildman–Crippen MR) is 60.4 cm³/mol. The van der Waals surface area contributed by atoms with Crippen LogP contribution in [0.5, 0.6) is 0 Å². The number of hydrogen-bond acceptors (Lipinski definition) is 6. The minimum atomic E-state index is -0.342. The highest BCUT2D eigenvalue weighted by Crippen LogP contribution is 2.05. The van der Waals surface area contributed by atoms with E-state index in [4.69, 9.17) is 11.6 Å². The number of rotatable bonds is 4. The fraction of sp³-hybridized carbons (Fsp3) is 0.333. The van der Waals surface area contributed by atoms with E-state index in [2.05, 4.69) is 25.5 Å². The van der Waals surface area contributed by atoms with Crippen molar-refractivity contribution in [2.24, 2.45) is 5.10 Å². The summed E-state index contributed by atoms with van der Waals surface area (Å²) in [6, 6.07) is 3.21. The standard InChI is InChI=1S/C9H11ClN4O2/c1-6(5-9(15)16-2)11-13-8-4-3-7(10)12-14-8/h3-4H,5H2,1-2H3,(H,13,14)/b11-6-. The maximum atomic E-state index is 10.9. The van der Waals surface area contributed by atoms with Gasteiger partial charge in [-0.1, -0.05) is 11.6 Å². The third kappa shape index (κ3) is 4.22. The molecule has 0 atom stereocenters. The molecule has 0 aromatic carbocycles. The molecule has 0 unspecified atom stereocenters. The quantitative estimate of drug-likeness (QED) is 0.492. The molecule has 1 N–H and O–H groups in total. The molecule has 16 heavy (non-hydrogen) atoms. The molecule has 1 heterocycles. The van der Waals surface area contributed by atoms with Crippen LogP contribution in [0.2, 0.25) is 5.15 Å². The first kappa shape index (κ1) is 12.4. The Morgan fingerprint density at radius 2 is 2.31 bits per heavy atom. The molecule has 0 aliphatic rings. The number of aromatic nitrogens is 2. The molecule has 6 nitrogen and oxygen atoms in total. The number of anilines is 1. The van der Waals surface area contributed by atoms with Crippen molar-refractivity contribution in [2.75, 3.05) is 12.5 Å². The van der Waals surface area contributed by atoms with Gasteiger partial charge in [0.2, 0.25) is 0 Å². The second-order valence-electron chi connectivity index (χ2n) is 2.95. The molecule has 7 heteroatoms. The number of methoxy groups -OCH3 is 1. The van der Waals surface area contributed by atoms with Crippen LogP contribution in [0.15, 0.2) is 17.2 Å². The van der Waals surface area contributed by atoms with Crippen LogP contribution in [0.25, 0.3) is 0 Å². The first-order valence-electron chi connectivity index (χ1n) is 4.47. The molecular weight excluding hydrogens is 232 g/mol. The number of hydrazone groups is 1. The highest BCUT2D eigenvalue weighted by molar-refractivity contribution is 6.29. The zero-order chi connectivity index (χ0) is 12.0. The number of carbonyl (C=O) groups is 1. The van der Waals surface area contributed by atoms with E-state index in [0.29, 0.717) is 16.7 Å². The highest BCUT2D eigenvalue weighted by atomic mass is 35.5. The minimum Gasteiger partial charge on any atom is -0.469 e. The first-order valence-corrected chi connectivity index (χ1v) is 4.85. The van der Waals surface area contributed by atoms with Crippen molar-refractivity contribution in [3.05, 3.63) is 17.3 Å². The van der Waals surface area contributed by atoms with E-state index in [9.17, 15) is 4.79 Å². The Hall–Kier alpha value is -1.69. The summed E-state index contributed by atoms with van der Waals surface area (Å²) in [4.78, 5) is 10.9. The number of esters is 1. The largest absolute Gasteiger partial charge is 0.469 e. The molecule has 0 aliphatic carbocycles. The Bertz CT molecular complexity index is 391. The monoisotopic (exact) mass is 242 g/mol. The van der Waals surface area contributed by atoms with E-state index in [0.717, 1.165) is 0 Å². The van der Waals surface area contributed by atoms with E-state index < -0.39 is 0 Å². The Balaban J connectivity index is 2.52. The number of hydrogen-bond donors (Lipinski definition) is 1. The molecule has 0 bridgehead atoms. The van der Waals surface area contributed by atoms with Gasteiger partial charge in [0.05, 0.1) is 13.5 Å². The Labute approximate surface area is 97.7 Å². The molecule has 0 spiro atoms. The lowest BCUT2D eigenvalue weighted by Crippen LogP contribution is -2.08. The van der Waals surface area contributed by atoms with Gasteiger partial charge in [0.1, 0.15) is 0 Å². The minimum absolute atomic E-state index is 0.129. The van der Waals surface area contributed by atoms with Crippen LogP contribution in [0.4, 0.5) is 5.82 Å². The summed E-state index contributed by atoms with van der Waals surface area (Å²) in [5.74, 6) is 0.110. The van der Waals surface area contributed by atoms with Crippen molar-refractivity contribution >= 4 is 29.1 Å². The fourth-order valence-corrected chi connectivity index (χ4v) is 0.950. The Morgan fingerprint density at radius 3 is 2.88 bits per heavy atom. The van der Waals surface area contributed by atoms with Gasteiger partial charge < -0.3 is 4.74 Å². The van der Waals surface area contributed by atoms with Crippen molar-refractivity contribution in [3.63, 3.8) is 0 Å². The summed E-state index contributed by atoms with van der Waals surface area (Å²) in [6.45, 7) is 1.70. The number of carbonyl (C=O) groups excluding carboxylic acids is 1. The zero-order valence-electron chi connectivity index (χ0n) is 8.90. The van der Waals surface area contributed by atoms with Crippen LogP contribution in [-0.2, 0) is 9.53 Å². The number of ether oxygens (including phenoxy) is 1. The van der Waals surface area contributed by atoms with E-state index in [1.165, 1.54) is 7.11 Å². The lowest BCUT2D eigenvalue weighted by Gasteiger charge is -2.01. The van der Waals surface area contributed by atoms with Gasteiger partial charge in [-0.15, -0.1) is 10.2 Å². The van der Waals surface area contributed by atoms with E-state index in [1.807, 2.05) is 0 Å². The van der Waals surface area contributed by atoms with Crippen molar-refractivity contribution in [1.82, 2.24) is 10.2 Å². The Kier molecular flexibility index (Phi) is 4.65. The van der Waals surface area contributed by atoms with Crippen LogP contribution in [-0.4, -0.2) is 29.0 Å². The summed E-state index contributed by atoms with van der Waals surface area (Å²) in [6.07, 6.45) is 0.129. The molecule has 1 aromatic heterocycles. The van der Waals surface area contributed by atoms with Crippen LogP contribution in [0.1, 0.15) is 13.3 Å². The summed E-state index contributed by atoms with van der Waals surface area (Å²) < 4.78 is 4.50. The van der Waals surface area contributed by atoms with Gasteiger partial charge in [-0.05, 0) is 19.1 Å². The van der Waals surface area contributed by atoms with Gasteiger partial charge in [0, 0.05) is 5.71 Å². The van der Waals surface area contributed by atoms with Gasteiger partial charge in [0.25, 0.3) is 0 Å². The van der Waals surface area contributed by atoms with Gasteiger partial charge in [-0.2, -0.15) is 5.10 Å². The van der Waals surface area contributed by atoms with Gasteiger partial charge >= 0.3 is 5.97 Å². The summed E-state index contributed by atoms with van der Waals surface area (Å²) >= 11 is 5.56. The van der Waals surface area contributed by atoms with Crippen LogP contribution in [0, 0.1) is 0 Å². The number of nitrogens with one attached hydrogen (secondary N) is 1. The second-order valence-corrected chi connectivity index (χ2v) is 3.34. The average molecular weight is 243 g/mol. The second kappa shape index (κ2) is 6.02. The van der Waals surface area contributed by atoms with Crippen LogP contribution in [0.3, 0.4) is 0 Å². The molecule has 86 valence electrons. The molecule has 0 saturated carbocycles. The van der Waals surface area contributed by atoms with E-state index in [1.54, 1.807) is 19.1 Å². The van der Waals surface area contributed by atoms with Crippen molar-refractivity contribution in [3.8, 4) is 0 Å². The maximum Gasteiger partial charge on any atom is 0.311 e. The van der Waals surface area contributed by atoms with Crippen molar-refractivity contribution in [2.45, 2.75) is 13.3 Å². The number of nitrogens with zero attached hydrogens (tertiary/aromatic N) is 3. The molecule has 0 fully saturated rings. The normalized spacial score (nSPS) is 11.1. The van der Waals surface area contributed by atoms with E-state index in [-0.39, 0.29) is 12.4 Å². The van der Waals surface area contributed by atoms with Gasteiger partial charge in [-0.3, -0.25) is 10.2 Å². The van der Waals surface area contributed by atoms with Crippen LogP contribution < -0.4 is 5.43 Å². The lowest BCUT2D eigenvalue weighted by molar-refractivity contribution is -0.139. The molecule has 1 aromatic rings. The maximum absolute atomic E-state index is 10.9. The van der Waals surface area contributed by atoms with Crippen molar-refractivity contribution < 1.29 is 9.53 Å². The fourth-order valence-electron chi connectivity index (χ4n) is 0.849. The SMILES string of the molecule is COC(=O)C/C(C)=N\Nc1ccc(Cl)nn1. The molecular formula is C9H11ClN4O2. The molecule has 0 aliphatic heterocycles. The third-order valence-electron chi connectivity index (χ3n) is 1.62. The predicted octanol–water partition coefficient (Wildman–Crippen LogP) is 1.48. The lowest BCUT2D eigenvalue weighted by atomic mass is 10.3. The zero-order valence-corrected chi connectivity index (χ0v) is 9.65. The Morgan fingerprint density at radius 1 is 1.56 bits per heavy atom. The molecule has 0 saturated heterocycles. The number of halogens is 1. The highest BCUT2D eigenvalue weighted by Gasteiger charge is 2.02. The molecule has 0 amide bonds. The summed E-state index contributed by atoms with van der Waals surface area (Å²) in [5.41, 5.74) is 3.24. The summed E-state index contributed by atoms with van der Waals surface area (Å²) in [7, 11) is 1.33. The average Bonchev–Trinajstić information content (AvgIpc) is 2.28. The smallest absolute Gasteiger partial charge is 0.311 e. The van der Waals surface area contributed by atoms with E-state index >= 15 is 0 Å². The molecule has 0 radical (unpaired) electrons. The first-order chi connectivity index (χ1) is 7.61. The third-order valence-corrected chi connectivity index (χ3v) is 1.82. The molecule has 1 rings (SSSR count). The van der Waals surface area contributed by atoms with Crippen LogP contribution >= 0.6 is 11.6 Å². The van der Waals surface area contributed by atoms with Crippen molar-refractivity contribution in [1.29, 1.82) is 0 Å². The van der Waals surface area contributed by atoms with Gasteiger partial charge in [-0.25, -0.2) is 0 Å². The topological polar surface area (TPSA) is 76.5 Å². The van der Waals surface area contributed by atoms with Gasteiger partial charge in [0.15, 0.2) is 11.0 Å².